The number of nitrogens with zero attached hydrogens (tertiary/aromatic N) is 1. The third kappa shape index (κ3) is 4.33. The molecule has 7 nitrogen and oxygen atoms in total. The fourth-order valence-electron chi connectivity index (χ4n) is 3.53. The van der Waals surface area contributed by atoms with Crippen LogP contribution in [0, 0.1) is 0 Å². The fourth-order valence-corrected chi connectivity index (χ4v) is 5.21. The third-order valence-electron chi connectivity index (χ3n) is 5.25. The van der Waals surface area contributed by atoms with Crippen molar-refractivity contribution in [3.63, 3.8) is 0 Å². The number of esters is 1. The summed E-state index contributed by atoms with van der Waals surface area (Å²) in [7, 11) is 1.58. The molecular formula is C23H21ClN2O5S. The molecule has 2 aliphatic heterocycles. The molecule has 1 N–H and O–H groups in total. The largest absolute Gasteiger partial charge is 0.497 e. The van der Waals surface area contributed by atoms with Gasteiger partial charge in [-0.2, -0.15) is 0 Å². The van der Waals surface area contributed by atoms with E-state index in [9.17, 15) is 14.4 Å². The molecule has 32 heavy (non-hydrogen) atoms. The van der Waals surface area contributed by atoms with Crippen molar-refractivity contribution in [3.05, 3.63) is 77.0 Å². The first-order chi connectivity index (χ1) is 15.5. The van der Waals surface area contributed by atoms with Gasteiger partial charge in [-0.1, -0.05) is 30.3 Å². The summed E-state index contributed by atoms with van der Waals surface area (Å²) in [5.41, 5.74) is 2.06. The second-order valence-electron chi connectivity index (χ2n) is 7.24. The molecule has 2 heterocycles. The number of rotatable bonds is 7. The number of carbonyl (C=O) groups is 3. The summed E-state index contributed by atoms with van der Waals surface area (Å²) in [6.07, 6.45) is 0. The summed E-state index contributed by atoms with van der Waals surface area (Å²) in [5, 5.41) is 2.39. The Hall–Kier alpha value is -2.97. The van der Waals surface area contributed by atoms with Crippen molar-refractivity contribution in [2.75, 3.05) is 18.7 Å². The van der Waals surface area contributed by atoms with Gasteiger partial charge in [0.2, 0.25) is 0 Å². The van der Waals surface area contributed by atoms with Crippen molar-refractivity contribution in [2.45, 2.75) is 18.0 Å². The molecule has 166 valence electrons. The van der Waals surface area contributed by atoms with E-state index < -0.39 is 12.0 Å². The van der Waals surface area contributed by atoms with E-state index in [-0.39, 0.29) is 35.4 Å². The van der Waals surface area contributed by atoms with E-state index >= 15 is 0 Å². The van der Waals surface area contributed by atoms with Gasteiger partial charge in [0, 0.05) is 17.2 Å². The smallest absolute Gasteiger partial charge is 0.355 e. The van der Waals surface area contributed by atoms with Crippen LogP contribution in [0.5, 0.6) is 5.75 Å². The topological polar surface area (TPSA) is 84.9 Å². The lowest BCUT2D eigenvalue weighted by Gasteiger charge is -2.49. The van der Waals surface area contributed by atoms with Gasteiger partial charge in [-0.25, -0.2) is 4.79 Å². The minimum atomic E-state index is -0.714. The van der Waals surface area contributed by atoms with Gasteiger partial charge in [0.25, 0.3) is 11.8 Å². The maximum absolute atomic E-state index is 12.9. The quantitative estimate of drug-likeness (QED) is 0.379. The molecule has 0 radical (unpaired) electrons. The zero-order valence-electron chi connectivity index (χ0n) is 17.2. The van der Waals surface area contributed by atoms with Crippen molar-refractivity contribution in [2.24, 2.45) is 0 Å². The number of amides is 2. The molecule has 1 fully saturated rings. The first kappa shape index (κ1) is 22.2. The van der Waals surface area contributed by atoms with Gasteiger partial charge in [-0.3, -0.25) is 14.5 Å². The highest BCUT2D eigenvalue weighted by molar-refractivity contribution is 8.00. The van der Waals surface area contributed by atoms with Crippen LogP contribution in [0.3, 0.4) is 0 Å². The van der Waals surface area contributed by atoms with Gasteiger partial charge in [-0.15, -0.1) is 23.4 Å². The molecule has 0 bridgehead atoms. The number of methoxy groups -OCH3 is 1. The molecular weight excluding hydrogens is 452 g/mol. The van der Waals surface area contributed by atoms with Crippen LogP contribution in [-0.2, 0) is 20.9 Å². The van der Waals surface area contributed by atoms with Crippen molar-refractivity contribution < 1.29 is 23.9 Å². The van der Waals surface area contributed by atoms with Gasteiger partial charge in [0.05, 0.1) is 7.11 Å². The highest BCUT2D eigenvalue weighted by atomic mass is 35.5. The Balaban J connectivity index is 1.45. The normalized spacial score (nSPS) is 19.7. The first-order valence-electron chi connectivity index (χ1n) is 9.92. The maximum atomic E-state index is 12.9. The Kier molecular flexibility index (Phi) is 6.72. The van der Waals surface area contributed by atoms with E-state index in [4.69, 9.17) is 21.1 Å². The number of halogens is 1. The predicted molar refractivity (Wildman–Crippen MR) is 121 cm³/mol. The van der Waals surface area contributed by atoms with E-state index in [0.29, 0.717) is 22.6 Å². The highest BCUT2D eigenvalue weighted by Gasteiger charge is 2.54. The summed E-state index contributed by atoms with van der Waals surface area (Å²) >= 11 is 7.52. The van der Waals surface area contributed by atoms with Crippen LogP contribution in [0.1, 0.15) is 15.9 Å². The van der Waals surface area contributed by atoms with Crippen LogP contribution in [0.15, 0.2) is 65.9 Å². The molecule has 9 heteroatoms. The fraction of sp³-hybridized carbons (Fsp3) is 0.261. The Morgan fingerprint density at radius 3 is 2.53 bits per heavy atom. The van der Waals surface area contributed by atoms with Crippen LogP contribution >= 0.6 is 23.4 Å². The summed E-state index contributed by atoms with van der Waals surface area (Å²) in [6, 6.07) is 15.1. The average molecular weight is 473 g/mol. The van der Waals surface area contributed by atoms with Gasteiger partial charge >= 0.3 is 5.97 Å². The third-order valence-corrected chi connectivity index (χ3v) is 6.92. The second-order valence-corrected chi connectivity index (χ2v) is 8.61. The molecule has 0 saturated carbocycles. The molecule has 0 aliphatic carbocycles. The number of carbonyl (C=O) groups excluding carboxylic acids is 3. The van der Waals surface area contributed by atoms with Gasteiger partial charge in [0.15, 0.2) is 0 Å². The van der Waals surface area contributed by atoms with Crippen LogP contribution < -0.4 is 10.1 Å². The van der Waals surface area contributed by atoms with Crippen molar-refractivity contribution in [1.29, 1.82) is 0 Å². The Labute approximate surface area is 194 Å². The van der Waals surface area contributed by atoms with E-state index in [1.165, 1.54) is 16.7 Å². The summed E-state index contributed by atoms with van der Waals surface area (Å²) < 4.78 is 10.6. The van der Waals surface area contributed by atoms with Crippen molar-refractivity contribution >= 4 is 41.1 Å². The molecule has 0 aromatic heterocycles. The minimum Gasteiger partial charge on any atom is -0.497 e. The Morgan fingerprint density at radius 1 is 1.16 bits per heavy atom. The van der Waals surface area contributed by atoms with Crippen LogP contribution in [-0.4, -0.2) is 52.8 Å². The second kappa shape index (κ2) is 9.67. The van der Waals surface area contributed by atoms with Crippen LogP contribution in [0.4, 0.5) is 0 Å². The monoisotopic (exact) mass is 472 g/mol. The van der Waals surface area contributed by atoms with Crippen molar-refractivity contribution in [1.82, 2.24) is 10.2 Å². The van der Waals surface area contributed by atoms with Gasteiger partial charge in [-0.05, 0) is 35.4 Å². The molecule has 2 aliphatic rings. The Bertz CT molecular complexity index is 1060. The Morgan fingerprint density at radius 2 is 1.88 bits per heavy atom. The van der Waals surface area contributed by atoms with Crippen LogP contribution in [0.2, 0.25) is 0 Å². The van der Waals surface area contributed by atoms with Gasteiger partial charge < -0.3 is 14.8 Å². The number of benzene rings is 2. The molecule has 0 unspecified atom stereocenters. The molecule has 2 atom stereocenters. The molecule has 2 aromatic carbocycles. The number of alkyl halides is 1. The predicted octanol–water partition coefficient (Wildman–Crippen LogP) is 2.95. The van der Waals surface area contributed by atoms with E-state index in [2.05, 4.69) is 5.32 Å². The standard InChI is InChI=1S/C23H21ClN2O5S/c1-30-17-9-7-14(8-10-17)12-31-23(29)19-16(11-24)13-32-22-18(21(28)26(19)22)25-20(27)15-5-3-2-4-6-15/h2-10,18,22H,11-13H2,1H3,(H,25,27)/t18-,22-/m1/s1. The molecule has 0 spiro atoms. The average Bonchev–Trinajstić information content (AvgIpc) is 2.85. The summed E-state index contributed by atoms with van der Waals surface area (Å²) in [6.45, 7) is 0.0515. The van der Waals surface area contributed by atoms with Crippen LogP contribution in [0.25, 0.3) is 0 Å². The zero-order chi connectivity index (χ0) is 22.7. The number of hydrogen-bond acceptors (Lipinski definition) is 6. The van der Waals surface area contributed by atoms with E-state index in [1.54, 1.807) is 55.6 Å². The number of hydrogen-bond donors (Lipinski definition) is 1. The lowest BCUT2D eigenvalue weighted by atomic mass is 10.0. The number of fused-ring (bicyclic) bond motifs is 1. The highest BCUT2D eigenvalue weighted by Crippen LogP contribution is 2.41. The molecule has 1 saturated heterocycles. The van der Waals surface area contributed by atoms with E-state index in [1.807, 2.05) is 6.07 Å². The molecule has 2 amide bonds. The van der Waals surface area contributed by atoms with E-state index in [0.717, 1.165) is 5.56 Å². The molecule has 2 aromatic rings. The lowest BCUT2D eigenvalue weighted by molar-refractivity contribution is -0.152. The number of thioether (sulfide) groups is 1. The lowest BCUT2D eigenvalue weighted by Crippen LogP contribution is -2.70. The minimum absolute atomic E-state index is 0.0515. The number of β-lactam (4-membered cyclic amide) rings is 1. The SMILES string of the molecule is COc1ccc(COC(=O)C2=C(CCl)CS[C@@H]3[C@H](NC(=O)c4ccccc4)C(=O)N23)cc1. The maximum Gasteiger partial charge on any atom is 0.355 e. The first-order valence-corrected chi connectivity index (χ1v) is 11.5. The summed E-state index contributed by atoms with van der Waals surface area (Å²) in [4.78, 5) is 39.6. The molecule has 4 rings (SSSR count). The van der Waals surface area contributed by atoms with Gasteiger partial charge in [0.1, 0.15) is 29.5 Å². The zero-order valence-corrected chi connectivity index (χ0v) is 18.8. The summed E-state index contributed by atoms with van der Waals surface area (Å²) in [5.74, 6) is -0.0114. The van der Waals surface area contributed by atoms with Crippen molar-refractivity contribution in [3.8, 4) is 5.75 Å². The number of ether oxygens (including phenoxy) is 2. The number of nitrogens with one attached hydrogen (secondary N) is 1.